The van der Waals surface area contributed by atoms with E-state index in [9.17, 15) is 18.0 Å². The number of hydrogen-bond donors (Lipinski definition) is 0. The minimum absolute atomic E-state index is 0.00947. The predicted octanol–water partition coefficient (Wildman–Crippen LogP) is 1.83. The lowest BCUT2D eigenvalue weighted by molar-refractivity contribution is -0.134. The molecule has 1 aliphatic rings. The molecule has 0 radical (unpaired) electrons. The Hall–Kier alpha value is -1.31. The van der Waals surface area contributed by atoms with Crippen molar-refractivity contribution in [3.8, 4) is 0 Å². The van der Waals surface area contributed by atoms with Crippen molar-refractivity contribution in [2.45, 2.75) is 13.1 Å². The molecule has 1 fully saturated rings. The van der Waals surface area contributed by atoms with Gasteiger partial charge in [0.1, 0.15) is 4.88 Å². The predicted molar refractivity (Wildman–Crippen MR) is 61.6 cm³/mol. The van der Waals surface area contributed by atoms with Crippen molar-refractivity contribution in [2.75, 3.05) is 31.1 Å². The molecule has 1 aromatic heterocycles. The highest BCUT2D eigenvalue weighted by Gasteiger charge is 2.34. The third-order valence-electron chi connectivity index (χ3n) is 2.77. The number of thiazole rings is 1. The van der Waals surface area contributed by atoms with Crippen LogP contribution >= 0.6 is 11.3 Å². The van der Waals surface area contributed by atoms with Gasteiger partial charge in [0.15, 0.2) is 5.13 Å². The van der Waals surface area contributed by atoms with Gasteiger partial charge in [-0.1, -0.05) is 11.3 Å². The van der Waals surface area contributed by atoms with E-state index < -0.39 is 11.1 Å². The van der Waals surface area contributed by atoms with Gasteiger partial charge in [0, 0.05) is 33.1 Å². The van der Waals surface area contributed by atoms with Crippen LogP contribution in [0.2, 0.25) is 0 Å². The minimum Gasteiger partial charge on any atom is -0.345 e. The summed E-state index contributed by atoms with van der Waals surface area (Å²) in [6.07, 6.45) is -3.48. The second-order valence-electron chi connectivity index (χ2n) is 4.00. The molecule has 1 aliphatic heterocycles. The maximum absolute atomic E-state index is 12.4. The van der Waals surface area contributed by atoms with Gasteiger partial charge in [-0.15, -0.1) is 0 Å². The van der Waals surface area contributed by atoms with Crippen LogP contribution in [0.5, 0.6) is 0 Å². The van der Waals surface area contributed by atoms with Crippen molar-refractivity contribution in [2.24, 2.45) is 0 Å². The highest BCUT2D eigenvalue weighted by Crippen LogP contribution is 2.36. The first-order valence-electron chi connectivity index (χ1n) is 5.41. The Labute approximate surface area is 106 Å². The van der Waals surface area contributed by atoms with E-state index in [4.69, 9.17) is 0 Å². The largest absolute Gasteiger partial charge is 0.427 e. The number of carbonyl (C=O) groups excluding carboxylic acids is 1. The van der Waals surface area contributed by atoms with Gasteiger partial charge >= 0.3 is 6.18 Å². The summed E-state index contributed by atoms with van der Waals surface area (Å²) in [6, 6.07) is 0. The van der Waals surface area contributed by atoms with E-state index >= 15 is 0 Å². The lowest BCUT2D eigenvalue weighted by Gasteiger charge is -2.33. The number of alkyl halides is 3. The lowest BCUT2D eigenvalue weighted by atomic mass is 10.3. The molecule has 8 heteroatoms. The highest BCUT2D eigenvalue weighted by atomic mass is 32.1. The average molecular weight is 279 g/mol. The number of aromatic nitrogens is 1. The van der Waals surface area contributed by atoms with Gasteiger partial charge in [0.05, 0.1) is 6.20 Å². The topological polar surface area (TPSA) is 36.4 Å². The van der Waals surface area contributed by atoms with Crippen molar-refractivity contribution >= 4 is 22.4 Å². The Bertz CT molecular complexity index is 438. The van der Waals surface area contributed by atoms with E-state index in [2.05, 4.69) is 4.98 Å². The van der Waals surface area contributed by atoms with E-state index in [1.165, 1.54) is 6.92 Å². The first kappa shape index (κ1) is 13.1. The number of amides is 1. The zero-order chi connectivity index (χ0) is 13.3. The summed E-state index contributed by atoms with van der Waals surface area (Å²) in [5.74, 6) is -0.00947. The second-order valence-corrected chi connectivity index (χ2v) is 5.01. The molecule has 0 N–H and O–H groups in total. The molecule has 0 spiro atoms. The number of nitrogens with zero attached hydrogens (tertiary/aromatic N) is 3. The van der Waals surface area contributed by atoms with Crippen LogP contribution in [0.1, 0.15) is 11.8 Å². The summed E-state index contributed by atoms with van der Waals surface area (Å²) in [7, 11) is 0. The van der Waals surface area contributed by atoms with Gasteiger partial charge in [-0.3, -0.25) is 4.79 Å². The van der Waals surface area contributed by atoms with Gasteiger partial charge in [0.25, 0.3) is 0 Å². The van der Waals surface area contributed by atoms with E-state index in [1.807, 2.05) is 0 Å². The van der Waals surface area contributed by atoms with Crippen molar-refractivity contribution in [3.05, 3.63) is 11.1 Å². The van der Waals surface area contributed by atoms with Gasteiger partial charge in [-0.25, -0.2) is 4.98 Å². The summed E-state index contributed by atoms with van der Waals surface area (Å²) in [6.45, 7) is 3.57. The van der Waals surface area contributed by atoms with Gasteiger partial charge in [0.2, 0.25) is 5.91 Å². The van der Waals surface area contributed by atoms with E-state index in [0.29, 0.717) is 42.6 Å². The molecule has 0 saturated carbocycles. The quantitative estimate of drug-likeness (QED) is 0.787. The van der Waals surface area contributed by atoms with Gasteiger partial charge in [-0.05, 0) is 0 Å². The second kappa shape index (κ2) is 4.75. The normalized spacial score (nSPS) is 17.1. The molecule has 1 amide bonds. The fourth-order valence-electron chi connectivity index (χ4n) is 1.75. The highest BCUT2D eigenvalue weighted by molar-refractivity contribution is 7.15. The number of hydrogen-bond acceptors (Lipinski definition) is 4. The fraction of sp³-hybridized carbons (Fsp3) is 0.600. The molecule has 0 aromatic carbocycles. The van der Waals surface area contributed by atoms with E-state index in [1.54, 1.807) is 9.80 Å². The zero-order valence-electron chi connectivity index (χ0n) is 9.70. The third kappa shape index (κ3) is 2.74. The van der Waals surface area contributed by atoms with Crippen LogP contribution in [0.4, 0.5) is 18.3 Å². The number of anilines is 1. The smallest absolute Gasteiger partial charge is 0.345 e. The number of halogens is 3. The molecule has 0 aliphatic carbocycles. The SMILES string of the molecule is CC(=O)N1CCN(c2ncc(C(F)(F)F)s2)CC1. The maximum Gasteiger partial charge on any atom is 0.427 e. The Morgan fingerprint density at radius 1 is 1.33 bits per heavy atom. The van der Waals surface area contributed by atoms with E-state index in [-0.39, 0.29) is 5.91 Å². The zero-order valence-corrected chi connectivity index (χ0v) is 10.5. The first-order chi connectivity index (χ1) is 8.38. The molecule has 4 nitrogen and oxygen atoms in total. The summed E-state index contributed by atoms with van der Waals surface area (Å²) in [5, 5.41) is 0.366. The Kier molecular flexibility index (Phi) is 3.47. The molecule has 0 bridgehead atoms. The van der Waals surface area contributed by atoms with Crippen LogP contribution in [-0.4, -0.2) is 42.0 Å². The summed E-state index contributed by atoms with van der Waals surface area (Å²) >= 11 is 0.642. The third-order valence-corrected chi connectivity index (χ3v) is 3.87. The molecular formula is C10H12F3N3OS. The molecule has 100 valence electrons. The monoisotopic (exact) mass is 279 g/mol. The first-order valence-corrected chi connectivity index (χ1v) is 6.23. The van der Waals surface area contributed by atoms with Gasteiger partial charge in [-0.2, -0.15) is 13.2 Å². The number of rotatable bonds is 1. The summed E-state index contributed by atoms with van der Waals surface area (Å²) < 4.78 is 37.3. The lowest BCUT2D eigenvalue weighted by Crippen LogP contribution is -2.48. The molecule has 18 heavy (non-hydrogen) atoms. The van der Waals surface area contributed by atoms with Crippen LogP contribution in [0.3, 0.4) is 0 Å². The number of carbonyl (C=O) groups is 1. The standard InChI is InChI=1S/C10H12F3N3OS/c1-7(17)15-2-4-16(5-3-15)9-14-6-8(18-9)10(11,12)13/h6H,2-5H2,1H3. The molecule has 0 atom stereocenters. The average Bonchev–Trinajstić information content (AvgIpc) is 2.78. The van der Waals surface area contributed by atoms with Crippen LogP contribution < -0.4 is 4.90 Å². The molecule has 2 heterocycles. The van der Waals surface area contributed by atoms with Crippen molar-refractivity contribution in [1.29, 1.82) is 0 Å². The van der Waals surface area contributed by atoms with Gasteiger partial charge < -0.3 is 9.80 Å². The van der Waals surface area contributed by atoms with Crippen molar-refractivity contribution in [3.63, 3.8) is 0 Å². The Morgan fingerprint density at radius 2 is 1.94 bits per heavy atom. The fourth-order valence-corrected chi connectivity index (χ4v) is 2.59. The van der Waals surface area contributed by atoms with Crippen LogP contribution in [0.25, 0.3) is 0 Å². The number of piperazine rings is 1. The molecule has 1 aromatic rings. The summed E-state index contributed by atoms with van der Waals surface area (Å²) in [5.41, 5.74) is 0. The van der Waals surface area contributed by atoms with Crippen LogP contribution in [-0.2, 0) is 11.0 Å². The Balaban J connectivity index is 2.02. The van der Waals surface area contributed by atoms with Crippen LogP contribution in [0, 0.1) is 0 Å². The summed E-state index contributed by atoms with van der Waals surface area (Å²) in [4.78, 5) is 17.7. The van der Waals surface area contributed by atoms with Crippen molar-refractivity contribution < 1.29 is 18.0 Å². The van der Waals surface area contributed by atoms with Crippen LogP contribution in [0.15, 0.2) is 6.20 Å². The van der Waals surface area contributed by atoms with Crippen molar-refractivity contribution in [1.82, 2.24) is 9.88 Å². The van der Waals surface area contributed by atoms with E-state index in [0.717, 1.165) is 6.20 Å². The molecule has 0 unspecified atom stereocenters. The molecule has 2 rings (SSSR count). The maximum atomic E-state index is 12.4. The Morgan fingerprint density at radius 3 is 2.39 bits per heavy atom. The minimum atomic E-state index is -4.34. The molecule has 1 saturated heterocycles. The molecular weight excluding hydrogens is 267 g/mol.